The van der Waals surface area contributed by atoms with Gasteiger partial charge in [-0.15, -0.1) is 0 Å². The van der Waals surface area contributed by atoms with Crippen molar-refractivity contribution in [3.63, 3.8) is 0 Å². The number of methoxy groups -OCH3 is 1. The van der Waals surface area contributed by atoms with E-state index in [1.807, 2.05) is 37.3 Å². The fourth-order valence-corrected chi connectivity index (χ4v) is 5.21. The average molecular weight is 446 g/mol. The number of para-hydroxylation sites is 1. The van der Waals surface area contributed by atoms with E-state index in [1.54, 1.807) is 29.2 Å². The molecule has 168 valence electrons. The third kappa shape index (κ3) is 6.06. The minimum absolute atomic E-state index is 0.0572. The number of hydrogen-bond acceptors (Lipinski definition) is 5. The van der Waals surface area contributed by atoms with E-state index < -0.39 is 10.0 Å². The zero-order valence-electron chi connectivity index (χ0n) is 18.2. The van der Waals surface area contributed by atoms with Gasteiger partial charge in [0.2, 0.25) is 10.0 Å². The number of sulfonamides is 1. The molecule has 1 amide bonds. The quantitative estimate of drug-likeness (QED) is 0.640. The standard InChI is InChI=1S/C23H31N3O4S/c1-19(20-8-4-3-5-9-20)18-25(23(27)21-10-6-7-11-22(21)30-2)16-17-31(28,29)26-14-12-24-13-15-26/h3-11,19,24H,12-18H2,1-2H3. The highest BCUT2D eigenvalue weighted by Crippen LogP contribution is 2.22. The van der Waals surface area contributed by atoms with Crippen LogP contribution in [0.3, 0.4) is 0 Å². The number of carbonyl (C=O) groups excluding carboxylic acids is 1. The van der Waals surface area contributed by atoms with E-state index in [-0.39, 0.29) is 24.1 Å². The first-order valence-electron chi connectivity index (χ1n) is 10.6. The van der Waals surface area contributed by atoms with Gasteiger partial charge >= 0.3 is 0 Å². The molecule has 0 aliphatic carbocycles. The highest BCUT2D eigenvalue weighted by atomic mass is 32.2. The first-order chi connectivity index (χ1) is 14.9. The summed E-state index contributed by atoms with van der Waals surface area (Å²) in [4.78, 5) is 15.0. The van der Waals surface area contributed by atoms with Crippen molar-refractivity contribution in [2.45, 2.75) is 12.8 Å². The topological polar surface area (TPSA) is 79.0 Å². The second kappa shape index (κ2) is 10.7. The lowest BCUT2D eigenvalue weighted by Gasteiger charge is -2.30. The van der Waals surface area contributed by atoms with Crippen LogP contribution in [0.1, 0.15) is 28.8 Å². The van der Waals surface area contributed by atoms with E-state index in [2.05, 4.69) is 5.32 Å². The van der Waals surface area contributed by atoms with E-state index in [1.165, 1.54) is 11.4 Å². The molecule has 1 heterocycles. The van der Waals surface area contributed by atoms with Crippen molar-refractivity contribution >= 4 is 15.9 Å². The van der Waals surface area contributed by atoms with Gasteiger partial charge in [-0.25, -0.2) is 8.42 Å². The molecule has 1 aliphatic rings. The van der Waals surface area contributed by atoms with Crippen LogP contribution in [-0.2, 0) is 10.0 Å². The minimum Gasteiger partial charge on any atom is -0.496 e. The summed E-state index contributed by atoms with van der Waals surface area (Å²) in [6.07, 6.45) is 0. The lowest BCUT2D eigenvalue weighted by atomic mass is 10.0. The first kappa shape index (κ1) is 23.2. The molecule has 7 nitrogen and oxygen atoms in total. The molecule has 1 unspecified atom stereocenters. The van der Waals surface area contributed by atoms with E-state index in [0.717, 1.165) is 5.56 Å². The van der Waals surface area contributed by atoms with Crippen LogP contribution < -0.4 is 10.1 Å². The van der Waals surface area contributed by atoms with Crippen LogP contribution in [0.4, 0.5) is 0 Å². The van der Waals surface area contributed by atoms with Crippen molar-refractivity contribution in [1.82, 2.24) is 14.5 Å². The molecule has 3 rings (SSSR count). The third-order valence-electron chi connectivity index (χ3n) is 5.58. The Balaban J connectivity index is 1.80. The van der Waals surface area contributed by atoms with E-state index in [0.29, 0.717) is 44.0 Å². The van der Waals surface area contributed by atoms with E-state index in [4.69, 9.17) is 4.74 Å². The lowest BCUT2D eigenvalue weighted by Crippen LogP contribution is -2.48. The predicted octanol–water partition coefficient (Wildman–Crippen LogP) is 2.18. The monoisotopic (exact) mass is 445 g/mol. The maximum atomic E-state index is 13.4. The highest BCUT2D eigenvalue weighted by Gasteiger charge is 2.27. The largest absolute Gasteiger partial charge is 0.496 e. The van der Waals surface area contributed by atoms with Crippen LogP contribution in [0, 0.1) is 0 Å². The number of amides is 1. The Hall–Kier alpha value is -2.42. The number of carbonyl (C=O) groups is 1. The maximum absolute atomic E-state index is 13.4. The van der Waals surface area contributed by atoms with Gasteiger partial charge in [-0.3, -0.25) is 4.79 Å². The van der Waals surface area contributed by atoms with Gasteiger partial charge in [-0.1, -0.05) is 49.4 Å². The normalized spacial score (nSPS) is 15.9. The SMILES string of the molecule is COc1ccccc1C(=O)N(CCS(=O)(=O)N1CCNCC1)CC(C)c1ccccc1. The molecule has 1 saturated heterocycles. The molecule has 0 saturated carbocycles. The summed E-state index contributed by atoms with van der Waals surface area (Å²) in [6.45, 7) is 4.80. The highest BCUT2D eigenvalue weighted by molar-refractivity contribution is 7.89. The molecule has 2 aromatic rings. The van der Waals surface area contributed by atoms with Gasteiger partial charge in [0.1, 0.15) is 5.75 Å². The smallest absolute Gasteiger partial charge is 0.257 e. The number of nitrogens with one attached hydrogen (secondary N) is 1. The van der Waals surface area contributed by atoms with Gasteiger partial charge < -0.3 is 15.0 Å². The van der Waals surface area contributed by atoms with Crippen LogP contribution in [0.5, 0.6) is 5.75 Å². The van der Waals surface area contributed by atoms with Crippen molar-refractivity contribution in [3.05, 3.63) is 65.7 Å². The second-order valence-electron chi connectivity index (χ2n) is 7.73. The Morgan fingerprint density at radius 1 is 1.10 bits per heavy atom. The third-order valence-corrected chi connectivity index (χ3v) is 7.43. The average Bonchev–Trinajstić information content (AvgIpc) is 2.82. The molecule has 1 atom stereocenters. The zero-order chi connectivity index (χ0) is 22.3. The van der Waals surface area contributed by atoms with E-state index in [9.17, 15) is 13.2 Å². The van der Waals surface area contributed by atoms with Gasteiger partial charge in [0.05, 0.1) is 18.4 Å². The van der Waals surface area contributed by atoms with E-state index >= 15 is 0 Å². The summed E-state index contributed by atoms with van der Waals surface area (Å²) in [5.41, 5.74) is 1.54. The molecule has 1 N–H and O–H groups in total. The predicted molar refractivity (Wildman–Crippen MR) is 122 cm³/mol. The zero-order valence-corrected chi connectivity index (χ0v) is 19.0. The second-order valence-corrected chi connectivity index (χ2v) is 9.82. The Labute approximate surface area is 185 Å². The van der Waals surface area contributed by atoms with Crippen molar-refractivity contribution in [1.29, 1.82) is 0 Å². The number of ether oxygens (including phenoxy) is 1. The molecule has 0 aromatic heterocycles. The summed E-state index contributed by atoms with van der Waals surface area (Å²) in [5, 5.41) is 3.16. The molecule has 1 fully saturated rings. The number of rotatable bonds is 9. The Morgan fingerprint density at radius 2 is 1.74 bits per heavy atom. The molecule has 2 aromatic carbocycles. The molecule has 1 aliphatic heterocycles. The number of piperazine rings is 1. The van der Waals surface area contributed by atoms with Gasteiger partial charge in [0.25, 0.3) is 5.91 Å². The van der Waals surface area contributed by atoms with Crippen molar-refractivity contribution in [2.75, 3.05) is 52.1 Å². The Morgan fingerprint density at radius 3 is 2.42 bits per heavy atom. The Kier molecular flexibility index (Phi) is 8.06. The number of benzene rings is 2. The molecular weight excluding hydrogens is 414 g/mol. The fourth-order valence-electron chi connectivity index (χ4n) is 3.76. The molecular formula is C23H31N3O4S. The van der Waals surface area contributed by atoms with Crippen molar-refractivity contribution in [2.24, 2.45) is 0 Å². The van der Waals surface area contributed by atoms with Gasteiger partial charge in [0, 0.05) is 39.3 Å². The summed E-state index contributed by atoms with van der Waals surface area (Å²) in [5.74, 6) is 0.211. The molecule has 0 spiro atoms. The van der Waals surface area contributed by atoms with Crippen LogP contribution in [0.25, 0.3) is 0 Å². The first-order valence-corrected chi connectivity index (χ1v) is 12.2. The molecule has 0 radical (unpaired) electrons. The summed E-state index contributed by atoms with van der Waals surface area (Å²) in [7, 11) is -1.92. The van der Waals surface area contributed by atoms with Crippen molar-refractivity contribution < 1.29 is 17.9 Å². The van der Waals surface area contributed by atoms with Gasteiger partial charge in [0.15, 0.2) is 0 Å². The van der Waals surface area contributed by atoms with Crippen LogP contribution in [0.15, 0.2) is 54.6 Å². The number of nitrogens with zero attached hydrogens (tertiary/aromatic N) is 2. The van der Waals surface area contributed by atoms with Gasteiger partial charge in [-0.2, -0.15) is 4.31 Å². The molecule has 31 heavy (non-hydrogen) atoms. The van der Waals surface area contributed by atoms with Crippen LogP contribution >= 0.6 is 0 Å². The summed E-state index contributed by atoms with van der Waals surface area (Å²) < 4.78 is 32.6. The van der Waals surface area contributed by atoms with Gasteiger partial charge in [-0.05, 0) is 23.6 Å². The van der Waals surface area contributed by atoms with Crippen molar-refractivity contribution in [3.8, 4) is 5.75 Å². The number of hydrogen-bond donors (Lipinski definition) is 1. The fraction of sp³-hybridized carbons (Fsp3) is 0.435. The summed E-state index contributed by atoms with van der Waals surface area (Å²) >= 11 is 0. The minimum atomic E-state index is -3.44. The molecule has 8 heteroatoms. The maximum Gasteiger partial charge on any atom is 0.257 e. The van der Waals surface area contributed by atoms with Crippen LogP contribution in [-0.4, -0.2) is 75.7 Å². The Bertz CT molecular complexity index is 960. The molecule has 0 bridgehead atoms. The lowest BCUT2D eigenvalue weighted by molar-refractivity contribution is 0.0754. The van der Waals surface area contributed by atoms with Crippen LogP contribution in [0.2, 0.25) is 0 Å². The summed E-state index contributed by atoms with van der Waals surface area (Å²) in [6, 6.07) is 17.0.